The van der Waals surface area contributed by atoms with Gasteiger partial charge in [0.2, 0.25) is 0 Å². The molecule has 1 aliphatic rings. The molecule has 0 aromatic heterocycles. The van der Waals surface area contributed by atoms with Crippen LogP contribution in [0.2, 0.25) is 0 Å². The Morgan fingerprint density at radius 2 is 1.95 bits per heavy atom. The number of hydrogen-bond donors (Lipinski definition) is 1. The van der Waals surface area contributed by atoms with Crippen molar-refractivity contribution in [1.82, 2.24) is 10.2 Å². The number of nitrogens with zero attached hydrogens (tertiary/aromatic N) is 1. The molecule has 1 aromatic rings. The van der Waals surface area contributed by atoms with Crippen molar-refractivity contribution in [3.8, 4) is 0 Å². The van der Waals surface area contributed by atoms with E-state index in [1.54, 1.807) is 0 Å². The van der Waals surface area contributed by atoms with Crippen molar-refractivity contribution in [2.24, 2.45) is 11.3 Å². The molecule has 21 heavy (non-hydrogen) atoms. The van der Waals surface area contributed by atoms with Crippen LogP contribution in [0.25, 0.3) is 0 Å². The molecule has 1 aromatic carbocycles. The van der Waals surface area contributed by atoms with E-state index in [4.69, 9.17) is 0 Å². The van der Waals surface area contributed by atoms with Crippen LogP contribution in [-0.4, -0.2) is 31.1 Å². The zero-order valence-corrected chi connectivity index (χ0v) is 14.2. The van der Waals surface area contributed by atoms with Gasteiger partial charge in [-0.1, -0.05) is 58.0 Å². The van der Waals surface area contributed by atoms with Gasteiger partial charge in [-0.05, 0) is 49.4 Å². The van der Waals surface area contributed by atoms with Crippen molar-refractivity contribution in [3.05, 3.63) is 35.9 Å². The van der Waals surface area contributed by atoms with E-state index in [2.05, 4.69) is 68.2 Å². The molecule has 1 fully saturated rings. The fourth-order valence-corrected chi connectivity index (χ4v) is 3.37. The third-order valence-corrected chi connectivity index (χ3v) is 4.88. The number of hydrogen-bond acceptors (Lipinski definition) is 2. The molecule has 2 unspecified atom stereocenters. The quantitative estimate of drug-likeness (QED) is 0.848. The molecule has 0 saturated carbocycles. The summed E-state index contributed by atoms with van der Waals surface area (Å²) in [7, 11) is 0. The van der Waals surface area contributed by atoms with E-state index in [9.17, 15) is 0 Å². The summed E-state index contributed by atoms with van der Waals surface area (Å²) in [5.74, 6) is 0.854. The maximum Gasteiger partial charge on any atom is 0.0332 e. The minimum absolute atomic E-state index is 0.454. The summed E-state index contributed by atoms with van der Waals surface area (Å²) in [5, 5.41) is 3.64. The Morgan fingerprint density at radius 1 is 1.24 bits per heavy atom. The van der Waals surface area contributed by atoms with Crippen LogP contribution < -0.4 is 5.32 Å². The molecule has 118 valence electrons. The average Bonchev–Trinajstić information content (AvgIpc) is 2.93. The number of benzene rings is 1. The van der Waals surface area contributed by atoms with E-state index < -0.39 is 0 Å². The van der Waals surface area contributed by atoms with Gasteiger partial charge >= 0.3 is 0 Å². The van der Waals surface area contributed by atoms with Gasteiger partial charge in [-0.25, -0.2) is 0 Å². The molecule has 1 saturated heterocycles. The van der Waals surface area contributed by atoms with Crippen molar-refractivity contribution in [2.45, 2.75) is 46.6 Å². The second-order valence-corrected chi connectivity index (χ2v) is 7.46. The van der Waals surface area contributed by atoms with Crippen molar-refractivity contribution >= 4 is 0 Å². The Kier molecular flexibility index (Phi) is 5.83. The molecule has 0 bridgehead atoms. The van der Waals surface area contributed by atoms with Gasteiger partial charge in [-0.2, -0.15) is 0 Å². The predicted octanol–water partition coefficient (Wildman–Crippen LogP) is 4.10. The van der Waals surface area contributed by atoms with Gasteiger partial charge in [0.25, 0.3) is 0 Å². The third kappa shape index (κ3) is 4.82. The normalized spacial score (nSPS) is 21.6. The van der Waals surface area contributed by atoms with Crippen molar-refractivity contribution in [3.63, 3.8) is 0 Å². The first-order valence-electron chi connectivity index (χ1n) is 8.51. The lowest BCUT2D eigenvalue weighted by atomic mass is 9.80. The molecule has 0 radical (unpaired) electrons. The fraction of sp³-hybridized carbons (Fsp3) is 0.684. The van der Waals surface area contributed by atoms with Crippen LogP contribution in [-0.2, 0) is 0 Å². The molecular formula is C19H32N2. The topological polar surface area (TPSA) is 15.3 Å². The lowest BCUT2D eigenvalue weighted by molar-refractivity contribution is 0.225. The van der Waals surface area contributed by atoms with Crippen molar-refractivity contribution in [1.29, 1.82) is 0 Å². The summed E-state index contributed by atoms with van der Waals surface area (Å²) in [5.41, 5.74) is 1.88. The Bertz CT molecular complexity index is 407. The molecule has 2 nitrogen and oxygen atoms in total. The first-order valence-corrected chi connectivity index (χ1v) is 8.51. The van der Waals surface area contributed by atoms with Crippen LogP contribution in [0.4, 0.5) is 0 Å². The highest BCUT2D eigenvalue weighted by atomic mass is 15.1. The van der Waals surface area contributed by atoms with E-state index >= 15 is 0 Å². The van der Waals surface area contributed by atoms with Crippen LogP contribution in [0.5, 0.6) is 0 Å². The van der Waals surface area contributed by atoms with E-state index in [1.165, 1.54) is 38.0 Å². The van der Waals surface area contributed by atoms with Crippen LogP contribution in [0.3, 0.4) is 0 Å². The molecule has 2 atom stereocenters. The fourth-order valence-electron chi connectivity index (χ4n) is 3.37. The molecule has 0 spiro atoms. The van der Waals surface area contributed by atoms with Gasteiger partial charge in [0.15, 0.2) is 0 Å². The zero-order chi connectivity index (χ0) is 15.3. The standard InChI is InChI=1S/C19H32N2/c1-5-20-18(16-9-7-6-8-10-16)12-14-21-13-11-17(15-21)19(2,3)4/h6-10,17-18,20H,5,11-15H2,1-4H3. The highest BCUT2D eigenvalue weighted by molar-refractivity contribution is 5.18. The summed E-state index contributed by atoms with van der Waals surface area (Å²) in [4.78, 5) is 2.66. The molecule has 2 rings (SSSR count). The summed E-state index contributed by atoms with van der Waals surface area (Å²) < 4.78 is 0. The number of likely N-dealkylation sites (tertiary alicyclic amines) is 1. The maximum atomic E-state index is 3.64. The SMILES string of the molecule is CCNC(CCN1CCC(C(C)(C)C)C1)c1ccccc1. The summed E-state index contributed by atoms with van der Waals surface area (Å²) in [6.07, 6.45) is 2.56. The minimum Gasteiger partial charge on any atom is -0.310 e. The molecule has 1 N–H and O–H groups in total. The first kappa shape index (κ1) is 16.5. The van der Waals surface area contributed by atoms with Crippen molar-refractivity contribution < 1.29 is 0 Å². The van der Waals surface area contributed by atoms with Gasteiger partial charge in [0.1, 0.15) is 0 Å². The second-order valence-electron chi connectivity index (χ2n) is 7.46. The lowest BCUT2D eigenvalue weighted by Crippen LogP contribution is -2.30. The van der Waals surface area contributed by atoms with E-state index in [0.717, 1.165) is 12.5 Å². The Morgan fingerprint density at radius 3 is 2.52 bits per heavy atom. The Labute approximate surface area is 130 Å². The van der Waals surface area contributed by atoms with Gasteiger partial charge in [0, 0.05) is 12.6 Å². The number of nitrogens with one attached hydrogen (secondary N) is 1. The van der Waals surface area contributed by atoms with Gasteiger partial charge in [-0.3, -0.25) is 0 Å². The monoisotopic (exact) mass is 288 g/mol. The molecule has 1 aliphatic heterocycles. The average molecular weight is 288 g/mol. The van der Waals surface area contributed by atoms with Crippen LogP contribution in [0, 0.1) is 11.3 Å². The Balaban J connectivity index is 1.86. The van der Waals surface area contributed by atoms with Crippen LogP contribution in [0.15, 0.2) is 30.3 Å². The highest BCUT2D eigenvalue weighted by Crippen LogP contribution is 2.33. The van der Waals surface area contributed by atoms with E-state index in [-0.39, 0.29) is 0 Å². The van der Waals surface area contributed by atoms with Crippen LogP contribution in [0.1, 0.15) is 52.1 Å². The molecule has 2 heteroatoms. The first-order chi connectivity index (χ1) is 10.0. The van der Waals surface area contributed by atoms with Gasteiger partial charge < -0.3 is 10.2 Å². The zero-order valence-electron chi connectivity index (χ0n) is 14.2. The van der Waals surface area contributed by atoms with Gasteiger partial charge in [0.05, 0.1) is 0 Å². The second kappa shape index (κ2) is 7.42. The summed E-state index contributed by atoms with van der Waals surface area (Å²) in [6.45, 7) is 14.1. The third-order valence-electron chi connectivity index (χ3n) is 4.88. The highest BCUT2D eigenvalue weighted by Gasteiger charge is 2.31. The van der Waals surface area contributed by atoms with Gasteiger partial charge in [-0.15, -0.1) is 0 Å². The molecule has 1 heterocycles. The molecular weight excluding hydrogens is 256 g/mol. The molecule has 0 aliphatic carbocycles. The van der Waals surface area contributed by atoms with Crippen LogP contribution >= 0.6 is 0 Å². The predicted molar refractivity (Wildman–Crippen MR) is 91.5 cm³/mol. The number of rotatable bonds is 6. The summed E-state index contributed by atoms with van der Waals surface area (Å²) >= 11 is 0. The van der Waals surface area contributed by atoms with E-state index in [0.29, 0.717) is 11.5 Å². The lowest BCUT2D eigenvalue weighted by Gasteiger charge is -2.27. The van der Waals surface area contributed by atoms with E-state index in [1.807, 2.05) is 0 Å². The molecule has 0 amide bonds. The maximum absolute atomic E-state index is 3.64. The Hall–Kier alpha value is -0.860. The smallest absolute Gasteiger partial charge is 0.0332 e. The van der Waals surface area contributed by atoms with Crippen molar-refractivity contribution in [2.75, 3.05) is 26.2 Å². The largest absolute Gasteiger partial charge is 0.310 e. The minimum atomic E-state index is 0.454. The summed E-state index contributed by atoms with van der Waals surface area (Å²) in [6, 6.07) is 11.4.